The lowest BCUT2D eigenvalue weighted by atomic mass is 9.82. The predicted octanol–water partition coefficient (Wildman–Crippen LogP) is 13.4. The molecule has 0 fully saturated rings. The van der Waals surface area contributed by atoms with Crippen LogP contribution < -0.4 is 9.80 Å². The molecule has 0 N–H and O–H groups in total. The molecule has 1 aliphatic rings. The molecule has 3 nitrogen and oxygen atoms in total. The number of fused-ring (bicyclic) bond motifs is 3. The number of rotatable bonds is 6. The molecule has 8 aromatic carbocycles. The molecule has 0 unspecified atom stereocenters. The zero-order chi connectivity index (χ0) is 35.0. The molecule has 248 valence electrons. The van der Waals surface area contributed by atoms with Gasteiger partial charge in [-0.15, -0.1) is 0 Å². The SMILES string of the molecule is CC1(C)c2ccccc2-c2c(N(c3ccccc3F)c3ccc4ccc5c(N(c6ccccc6)c6ccccn6)ccc6ccc3c4c65)cccc21. The number of aromatic nitrogens is 1. The Kier molecular flexibility index (Phi) is 6.71. The van der Waals surface area contributed by atoms with E-state index in [-0.39, 0.29) is 11.2 Å². The lowest BCUT2D eigenvalue weighted by molar-refractivity contribution is 0.629. The molecule has 0 aliphatic heterocycles. The maximum atomic E-state index is 16.2. The standard InChI is InChI=1S/C48H34FN3/c1-48(2)37-16-7-6-15-34(37)47-38(48)17-12-20-43(47)52(42-19-9-8-18-39(42)49)41-29-25-32-22-26-35-40(28-24-31-23-27-36(41)46(32)45(31)35)51(33-13-4-3-5-14-33)44-21-10-11-30-50-44/h3-30H,1-2H3. The molecule has 0 spiro atoms. The van der Waals surface area contributed by atoms with Gasteiger partial charge in [0.2, 0.25) is 0 Å². The van der Waals surface area contributed by atoms with E-state index in [0.29, 0.717) is 5.69 Å². The van der Waals surface area contributed by atoms with Crippen molar-refractivity contribution in [2.24, 2.45) is 0 Å². The van der Waals surface area contributed by atoms with E-state index in [2.05, 4.69) is 139 Å². The van der Waals surface area contributed by atoms with Crippen molar-refractivity contribution in [3.8, 4) is 11.1 Å². The van der Waals surface area contributed by atoms with Gasteiger partial charge in [0.1, 0.15) is 11.6 Å². The van der Waals surface area contributed by atoms with Gasteiger partial charge in [0.25, 0.3) is 0 Å². The summed E-state index contributed by atoms with van der Waals surface area (Å²) in [5.74, 6) is 0.573. The van der Waals surface area contributed by atoms with Crippen LogP contribution in [0.1, 0.15) is 25.0 Å². The minimum Gasteiger partial charge on any atom is -0.306 e. The van der Waals surface area contributed by atoms with Crippen LogP contribution >= 0.6 is 0 Å². The summed E-state index contributed by atoms with van der Waals surface area (Å²) in [6.07, 6.45) is 1.84. The first kappa shape index (κ1) is 30.3. The molecule has 0 radical (unpaired) electrons. The Bertz CT molecular complexity index is 2750. The normalized spacial score (nSPS) is 13.1. The largest absolute Gasteiger partial charge is 0.306 e. The number of para-hydroxylation sites is 2. The number of hydrogen-bond donors (Lipinski definition) is 0. The molecule has 0 atom stereocenters. The van der Waals surface area contributed by atoms with Crippen LogP contribution in [0.4, 0.5) is 38.6 Å². The first-order chi connectivity index (χ1) is 25.5. The van der Waals surface area contributed by atoms with Crippen LogP contribution in [0.25, 0.3) is 43.4 Å². The van der Waals surface area contributed by atoms with Crippen LogP contribution in [-0.4, -0.2) is 4.98 Å². The number of halogens is 1. The molecule has 0 saturated carbocycles. The first-order valence-electron chi connectivity index (χ1n) is 17.8. The summed E-state index contributed by atoms with van der Waals surface area (Å²) in [5.41, 5.74) is 9.14. The van der Waals surface area contributed by atoms with Gasteiger partial charge in [0, 0.05) is 33.6 Å². The second-order valence-electron chi connectivity index (χ2n) is 14.1. The number of hydrogen-bond acceptors (Lipinski definition) is 3. The van der Waals surface area contributed by atoms with Crippen LogP contribution in [0.3, 0.4) is 0 Å². The van der Waals surface area contributed by atoms with Crippen molar-refractivity contribution in [2.75, 3.05) is 9.80 Å². The highest BCUT2D eigenvalue weighted by Gasteiger charge is 2.38. The van der Waals surface area contributed by atoms with Crippen molar-refractivity contribution in [3.63, 3.8) is 0 Å². The minimum absolute atomic E-state index is 0.194. The van der Waals surface area contributed by atoms with E-state index in [4.69, 9.17) is 4.98 Å². The second-order valence-corrected chi connectivity index (χ2v) is 14.1. The maximum absolute atomic E-state index is 16.2. The zero-order valence-corrected chi connectivity index (χ0v) is 28.9. The van der Waals surface area contributed by atoms with E-state index in [1.807, 2.05) is 42.6 Å². The summed E-state index contributed by atoms with van der Waals surface area (Å²) in [7, 11) is 0. The Morgan fingerprint density at radius 2 is 1.08 bits per heavy atom. The summed E-state index contributed by atoms with van der Waals surface area (Å²) in [6.45, 7) is 4.57. The smallest absolute Gasteiger partial charge is 0.147 e. The predicted molar refractivity (Wildman–Crippen MR) is 215 cm³/mol. The molecule has 52 heavy (non-hydrogen) atoms. The van der Waals surface area contributed by atoms with Crippen molar-refractivity contribution in [3.05, 3.63) is 187 Å². The Morgan fingerprint density at radius 1 is 0.481 bits per heavy atom. The fraction of sp³-hybridized carbons (Fsp3) is 0.0625. The molecule has 9 aromatic rings. The fourth-order valence-electron chi connectivity index (χ4n) is 8.56. The van der Waals surface area contributed by atoms with Crippen molar-refractivity contribution in [2.45, 2.75) is 19.3 Å². The summed E-state index contributed by atoms with van der Waals surface area (Å²) in [4.78, 5) is 9.16. The van der Waals surface area contributed by atoms with Crippen molar-refractivity contribution in [1.29, 1.82) is 0 Å². The van der Waals surface area contributed by atoms with Gasteiger partial charge in [-0.3, -0.25) is 4.90 Å². The molecule has 10 rings (SSSR count). The highest BCUT2D eigenvalue weighted by molar-refractivity contribution is 6.28. The Balaban J connectivity index is 1.27. The van der Waals surface area contributed by atoms with Crippen molar-refractivity contribution in [1.82, 2.24) is 4.98 Å². The molecule has 0 saturated heterocycles. The average molecular weight is 672 g/mol. The maximum Gasteiger partial charge on any atom is 0.147 e. The lowest BCUT2D eigenvalue weighted by Crippen LogP contribution is -2.16. The third-order valence-electron chi connectivity index (χ3n) is 10.9. The average Bonchev–Trinajstić information content (AvgIpc) is 3.43. The Labute approximate surface area is 302 Å². The monoisotopic (exact) mass is 671 g/mol. The first-order valence-corrected chi connectivity index (χ1v) is 17.8. The molecular weight excluding hydrogens is 638 g/mol. The highest BCUT2D eigenvalue weighted by atomic mass is 19.1. The highest BCUT2D eigenvalue weighted by Crippen LogP contribution is 2.55. The molecule has 0 amide bonds. The van der Waals surface area contributed by atoms with E-state index in [1.54, 1.807) is 12.1 Å². The summed E-state index contributed by atoms with van der Waals surface area (Å²) < 4.78 is 16.2. The van der Waals surface area contributed by atoms with Crippen molar-refractivity contribution < 1.29 is 4.39 Å². The van der Waals surface area contributed by atoms with Crippen molar-refractivity contribution >= 4 is 66.6 Å². The molecule has 0 bridgehead atoms. The van der Waals surface area contributed by atoms with Crippen LogP contribution in [0.15, 0.2) is 170 Å². The third kappa shape index (κ3) is 4.40. The minimum atomic E-state index is -0.271. The molecule has 1 aliphatic carbocycles. The van der Waals surface area contributed by atoms with Gasteiger partial charge in [0.05, 0.1) is 22.7 Å². The third-order valence-corrected chi connectivity index (χ3v) is 10.9. The molecular formula is C48H34FN3. The van der Waals surface area contributed by atoms with Crippen LogP contribution in [-0.2, 0) is 5.41 Å². The van der Waals surface area contributed by atoms with Gasteiger partial charge in [-0.1, -0.05) is 123 Å². The quantitative estimate of drug-likeness (QED) is 0.164. The van der Waals surface area contributed by atoms with Gasteiger partial charge in [-0.2, -0.15) is 0 Å². The number of benzene rings is 8. The van der Waals surface area contributed by atoms with E-state index >= 15 is 4.39 Å². The van der Waals surface area contributed by atoms with E-state index in [1.165, 1.54) is 22.1 Å². The molecule has 1 aromatic heterocycles. The summed E-state index contributed by atoms with van der Waals surface area (Å²) >= 11 is 0. The van der Waals surface area contributed by atoms with E-state index in [0.717, 1.165) is 61.1 Å². The van der Waals surface area contributed by atoms with E-state index < -0.39 is 0 Å². The van der Waals surface area contributed by atoms with Gasteiger partial charge >= 0.3 is 0 Å². The number of pyridine rings is 1. The Morgan fingerprint density at radius 3 is 1.79 bits per heavy atom. The summed E-state index contributed by atoms with van der Waals surface area (Å²) in [6, 6.07) is 56.3. The fourth-order valence-corrected chi connectivity index (χ4v) is 8.56. The van der Waals surface area contributed by atoms with Gasteiger partial charge in [0.15, 0.2) is 0 Å². The molecule has 1 heterocycles. The zero-order valence-electron chi connectivity index (χ0n) is 28.9. The topological polar surface area (TPSA) is 19.4 Å². The van der Waals surface area contributed by atoms with Gasteiger partial charge in [-0.25, -0.2) is 9.37 Å². The molecule has 4 heteroatoms. The second kappa shape index (κ2) is 11.5. The van der Waals surface area contributed by atoms with E-state index in [9.17, 15) is 0 Å². The lowest BCUT2D eigenvalue weighted by Gasteiger charge is -2.31. The van der Waals surface area contributed by atoms with Crippen LogP contribution in [0.2, 0.25) is 0 Å². The van der Waals surface area contributed by atoms with Gasteiger partial charge < -0.3 is 4.90 Å². The van der Waals surface area contributed by atoms with Crippen LogP contribution in [0.5, 0.6) is 0 Å². The Hall–Kier alpha value is -6.52. The van der Waals surface area contributed by atoms with Gasteiger partial charge in [-0.05, 0) is 92.8 Å². The number of nitrogens with zero attached hydrogens (tertiary/aromatic N) is 3. The van der Waals surface area contributed by atoms with Crippen LogP contribution in [0, 0.1) is 5.82 Å². The number of anilines is 6. The summed E-state index contributed by atoms with van der Waals surface area (Å²) in [5, 5.41) is 6.79.